The Labute approximate surface area is 174 Å². The lowest BCUT2D eigenvalue weighted by Gasteiger charge is -2.08. The Kier molecular flexibility index (Phi) is 6.66. The Balaban J connectivity index is 1.70. The van der Waals surface area contributed by atoms with E-state index in [0.717, 1.165) is 10.9 Å². The molecule has 150 valence electrons. The number of esters is 1. The molecule has 0 saturated heterocycles. The van der Waals surface area contributed by atoms with E-state index in [4.69, 9.17) is 13.9 Å². The zero-order chi connectivity index (χ0) is 20.8. The van der Waals surface area contributed by atoms with Crippen molar-refractivity contribution in [3.8, 4) is 11.5 Å². The summed E-state index contributed by atoms with van der Waals surface area (Å²) in [7, 11) is 0. The van der Waals surface area contributed by atoms with Crippen LogP contribution in [0, 0.1) is 0 Å². The lowest BCUT2D eigenvalue weighted by atomic mass is 10.1. The van der Waals surface area contributed by atoms with Gasteiger partial charge in [-0.3, -0.25) is 4.79 Å². The SMILES string of the molecule is CCCNC(=O)c1cc2ccc(OC(=O)COc3cccc(Br)c3)cc2oc1=O. The quantitative estimate of drug-likeness (QED) is 0.329. The molecule has 1 N–H and O–H groups in total. The topological polar surface area (TPSA) is 94.8 Å². The highest BCUT2D eigenvalue weighted by Gasteiger charge is 2.14. The van der Waals surface area contributed by atoms with E-state index in [-0.39, 0.29) is 23.5 Å². The van der Waals surface area contributed by atoms with Gasteiger partial charge in [-0.1, -0.05) is 28.9 Å². The molecule has 0 bridgehead atoms. The summed E-state index contributed by atoms with van der Waals surface area (Å²) in [6.45, 7) is 2.10. The van der Waals surface area contributed by atoms with Crippen LogP contribution in [-0.2, 0) is 4.79 Å². The number of benzene rings is 2. The van der Waals surface area contributed by atoms with Gasteiger partial charge in [0, 0.05) is 22.5 Å². The van der Waals surface area contributed by atoms with Crippen LogP contribution in [0.2, 0.25) is 0 Å². The lowest BCUT2D eigenvalue weighted by molar-refractivity contribution is -0.136. The molecule has 3 aromatic rings. The molecule has 1 heterocycles. The molecule has 2 aromatic carbocycles. The summed E-state index contributed by atoms with van der Waals surface area (Å²) in [4.78, 5) is 36.1. The van der Waals surface area contributed by atoms with Gasteiger partial charge >= 0.3 is 11.6 Å². The Morgan fingerprint density at radius 1 is 1.10 bits per heavy atom. The Bertz CT molecular complexity index is 1110. The van der Waals surface area contributed by atoms with Crippen LogP contribution in [0.5, 0.6) is 11.5 Å². The van der Waals surface area contributed by atoms with Gasteiger partial charge in [-0.05, 0) is 42.8 Å². The second-order valence-corrected chi connectivity index (χ2v) is 7.04. The van der Waals surface area contributed by atoms with E-state index in [9.17, 15) is 14.4 Å². The molecule has 3 rings (SSSR count). The predicted octanol–water partition coefficient (Wildman–Crippen LogP) is 3.68. The third kappa shape index (κ3) is 5.45. The molecular formula is C21H18BrNO6. The predicted molar refractivity (Wildman–Crippen MR) is 110 cm³/mol. The first-order chi connectivity index (χ1) is 14.0. The van der Waals surface area contributed by atoms with Gasteiger partial charge in [0.25, 0.3) is 5.91 Å². The van der Waals surface area contributed by atoms with Gasteiger partial charge in [0.15, 0.2) is 6.61 Å². The van der Waals surface area contributed by atoms with E-state index >= 15 is 0 Å². The molecule has 0 atom stereocenters. The van der Waals surface area contributed by atoms with E-state index in [0.29, 0.717) is 17.7 Å². The number of hydrogen-bond acceptors (Lipinski definition) is 6. The van der Waals surface area contributed by atoms with Gasteiger partial charge < -0.3 is 19.2 Å². The van der Waals surface area contributed by atoms with Crippen molar-refractivity contribution >= 4 is 38.8 Å². The van der Waals surface area contributed by atoms with E-state index in [1.807, 2.05) is 13.0 Å². The van der Waals surface area contributed by atoms with E-state index in [1.54, 1.807) is 30.3 Å². The number of rotatable bonds is 7. The molecule has 0 unspecified atom stereocenters. The van der Waals surface area contributed by atoms with E-state index in [2.05, 4.69) is 21.2 Å². The van der Waals surface area contributed by atoms with Crippen molar-refractivity contribution in [2.45, 2.75) is 13.3 Å². The van der Waals surface area contributed by atoms with E-state index in [1.165, 1.54) is 12.1 Å². The van der Waals surface area contributed by atoms with E-state index < -0.39 is 17.5 Å². The van der Waals surface area contributed by atoms with Crippen molar-refractivity contribution in [3.05, 3.63) is 69.0 Å². The number of ether oxygens (including phenoxy) is 2. The lowest BCUT2D eigenvalue weighted by Crippen LogP contribution is -2.28. The average Bonchev–Trinajstić information content (AvgIpc) is 2.70. The molecule has 0 spiro atoms. The van der Waals surface area contributed by atoms with Gasteiger partial charge in [0.05, 0.1) is 0 Å². The van der Waals surface area contributed by atoms with Crippen LogP contribution in [0.25, 0.3) is 11.0 Å². The monoisotopic (exact) mass is 459 g/mol. The van der Waals surface area contributed by atoms with Crippen LogP contribution in [0.1, 0.15) is 23.7 Å². The summed E-state index contributed by atoms with van der Waals surface area (Å²) in [6, 6.07) is 13.1. The number of carbonyl (C=O) groups is 2. The van der Waals surface area contributed by atoms with Crippen molar-refractivity contribution in [3.63, 3.8) is 0 Å². The van der Waals surface area contributed by atoms with Crippen molar-refractivity contribution < 1.29 is 23.5 Å². The summed E-state index contributed by atoms with van der Waals surface area (Å²) in [5.74, 6) is -0.369. The largest absolute Gasteiger partial charge is 0.482 e. The summed E-state index contributed by atoms with van der Waals surface area (Å²) in [6.07, 6.45) is 0.755. The van der Waals surface area contributed by atoms with Crippen LogP contribution in [0.15, 0.2) is 62.2 Å². The maximum atomic E-state index is 12.1. The number of halogens is 1. The first-order valence-corrected chi connectivity index (χ1v) is 9.70. The third-order valence-electron chi connectivity index (χ3n) is 3.87. The standard InChI is InChI=1S/C21H18BrNO6/c1-2-8-23-20(25)17-9-13-6-7-16(11-18(13)29-21(17)26)28-19(24)12-27-15-5-3-4-14(22)10-15/h3-7,9-11H,2,8,12H2,1H3,(H,23,25). The van der Waals surface area contributed by atoms with Crippen molar-refractivity contribution in [1.82, 2.24) is 5.32 Å². The molecule has 0 aliphatic carbocycles. The zero-order valence-electron chi connectivity index (χ0n) is 15.6. The number of amides is 1. The van der Waals surface area contributed by atoms with Crippen molar-refractivity contribution in [2.24, 2.45) is 0 Å². The highest BCUT2D eigenvalue weighted by molar-refractivity contribution is 9.10. The van der Waals surface area contributed by atoms with Gasteiger partial charge in [0.1, 0.15) is 22.6 Å². The minimum Gasteiger partial charge on any atom is -0.482 e. The first kappa shape index (κ1) is 20.6. The van der Waals surface area contributed by atoms with Crippen LogP contribution in [0.3, 0.4) is 0 Å². The van der Waals surface area contributed by atoms with Crippen molar-refractivity contribution in [1.29, 1.82) is 0 Å². The zero-order valence-corrected chi connectivity index (χ0v) is 17.2. The van der Waals surface area contributed by atoms with Crippen LogP contribution in [0.4, 0.5) is 0 Å². The first-order valence-electron chi connectivity index (χ1n) is 8.91. The fourth-order valence-corrected chi connectivity index (χ4v) is 2.89. The highest BCUT2D eigenvalue weighted by atomic mass is 79.9. The molecule has 1 amide bonds. The van der Waals surface area contributed by atoms with Crippen LogP contribution in [-0.4, -0.2) is 25.0 Å². The number of fused-ring (bicyclic) bond motifs is 1. The smallest absolute Gasteiger partial charge is 0.349 e. The Hall–Kier alpha value is -3.13. The summed E-state index contributed by atoms with van der Waals surface area (Å²) in [5.41, 5.74) is -0.620. The second kappa shape index (κ2) is 9.38. The number of hydrogen-bond donors (Lipinski definition) is 1. The molecule has 0 saturated carbocycles. The minimum absolute atomic E-state index is 0.0712. The maximum absolute atomic E-state index is 12.1. The van der Waals surface area contributed by atoms with Gasteiger partial charge in [-0.25, -0.2) is 9.59 Å². The molecule has 1 aromatic heterocycles. The molecule has 7 nitrogen and oxygen atoms in total. The fourth-order valence-electron chi connectivity index (χ4n) is 2.51. The second-order valence-electron chi connectivity index (χ2n) is 6.12. The van der Waals surface area contributed by atoms with Crippen LogP contribution < -0.4 is 20.4 Å². The van der Waals surface area contributed by atoms with Gasteiger partial charge in [-0.2, -0.15) is 0 Å². The third-order valence-corrected chi connectivity index (χ3v) is 4.37. The average molecular weight is 460 g/mol. The van der Waals surface area contributed by atoms with Gasteiger partial charge in [0.2, 0.25) is 0 Å². The summed E-state index contributed by atoms with van der Waals surface area (Å²) < 4.78 is 16.7. The van der Waals surface area contributed by atoms with Crippen LogP contribution >= 0.6 is 15.9 Å². The summed E-state index contributed by atoms with van der Waals surface area (Å²) >= 11 is 3.32. The fraction of sp³-hybridized carbons (Fsp3) is 0.190. The number of nitrogens with one attached hydrogen (secondary N) is 1. The van der Waals surface area contributed by atoms with Crippen molar-refractivity contribution in [2.75, 3.05) is 13.2 Å². The molecule has 29 heavy (non-hydrogen) atoms. The van der Waals surface area contributed by atoms with Gasteiger partial charge in [-0.15, -0.1) is 0 Å². The molecule has 0 fully saturated rings. The molecule has 0 aliphatic rings. The molecular weight excluding hydrogens is 442 g/mol. The summed E-state index contributed by atoms with van der Waals surface area (Å²) in [5, 5.41) is 3.18. The normalized spacial score (nSPS) is 10.6. The minimum atomic E-state index is -0.757. The number of carbonyl (C=O) groups excluding carboxylic acids is 2. The molecule has 0 radical (unpaired) electrons. The maximum Gasteiger partial charge on any atom is 0.349 e. The molecule has 0 aliphatic heterocycles. The Morgan fingerprint density at radius 3 is 2.69 bits per heavy atom. The highest BCUT2D eigenvalue weighted by Crippen LogP contribution is 2.21. The molecule has 8 heteroatoms. The Morgan fingerprint density at radius 2 is 1.93 bits per heavy atom.